The third kappa shape index (κ3) is 2.55. The van der Waals surface area contributed by atoms with Gasteiger partial charge >= 0.3 is 11.9 Å². The van der Waals surface area contributed by atoms with Crippen LogP contribution in [0.5, 0.6) is 0 Å². The lowest BCUT2D eigenvalue weighted by Crippen LogP contribution is -2.66. The summed E-state index contributed by atoms with van der Waals surface area (Å²) in [5.41, 5.74) is 4.30. The van der Waals surface area contributed by atoms with E-state index in [2.05, 4.69) is 27.0 Å². The van der Waals surface area contributed by atoms with E-state index in [0.717, 1.165) is 73.7 Å². The zero-order valence-corrected chi connectivity index (χ0v) is 21.3. The molecule has 2 heterocycles. The van der Waals surface area contributed by atoms with Gasteiger partial charge in [-0.3, -0.25) is 0 Å². The van der Waals surface area contributed by atoms with Gasteiger partial charge in [-0.15, -0.1) is 0 Å². The van der Waals surface area contributed by atoms with Crippen LogP contribution >= 0.6 is 0 Å². The highest BCUT2D eigenvalue weighted by atomic mass is 16.6. The molecule has 0 aromatic rings. The molecule has 6 atom stereocenters. The average Bonchev–Trinajstić information content (AvgIpc) is 3.16. The molecule has 0 spiro atoms. The maximum Gasteiger partial charge on any atom is 0.334 e. The number of allylic oxidation sites excluding steroid dienone is 2. The molecule has 0 unspecified atom stereocenters. The summed E-state index contributed by atoms with van der Waals surface area (Å²) in [5.74, 6) is 0.213. The lowest BCUT2D eigenvalue weighted by Gasteiger charge is -2.61. The lowest BCUT2D eigenvalue weighted by atomic mass is 9.46. The van der Waals surface area contributed by atoms with Crippen LogP contribution < -0.4 is 0 Å². The standard InChI is InChI=1S/C30H38O4/c1-17-9-7-11-27(5)15-29(23(13-21(17)27)19(3)25(31)33-29)30-16-28(6)12-8-10-18(2)22(28)14-24(30)20(4)26(32)34-30/h21-22H,1-2,7-16H2,3-6H3/t21-,22-,27+,28+,29+,30+/m0/s1. The second kappa shape index (κ2) is 6.77. The Balaban J connectivity index is 1.57. The number of hydrogen-bond acceptors (Lipinski definition) is 4. The average molecular weight is 463 g/mol. The normalized spacial score (nSPS) is 46.0. The molecular weight excluding hydrogens is 424 g/mol. The smallest absolute Gasteiger partial charge is 0.334 e. The second-order valence-electron chi connectivity index (χ2n) is 12.8. The van der Waals surface area contributed by atoms with Crippen molar-refractivity contribution in [2.75, 3.05) is 0 Å². The van der Waals surface area contributed by atoms with Gasteiger partial charge in [0.1, 0.15) is 0 Å². The van der Waals surface area contributed by atoms with Crippen molar-refractivity contribution < 1.29 is 19.1 Å². The highest BCUT2D eigenvalue weighted by molar-refractivity contribution is 5.96. The molecule has 4 nitrogen and oxygen atoms in total. The van der Waals surface area contributed by atoms with E-state index in [4.69, 9.17) is 9.47 Å². The Hall–Kier alpha value is -2.10. The summed E-state index contributed by atoms with van der Waals surface area (Å²) in [5, 5.41) is 0. The molecule has 0 saturated heterocycles. The van der Waals surface area contributed by atoms with Crippen LogP contribution in [-0.2, 0) is 19.1 Å². The first kappa shape index (κ1) is 22.4. The molecule has 182 valence electrons. The molecule has 4 aliphatic carbocycles. The molecule has 4 saturated carbocycles. The zero-order valence-electron chi connectivity index (χ0n) is 21.3. The Bertz CT molecular complexity index is 1030. The number of fused-ring (bicyclic) bond motifs is 5. The largest absolute Gasteiger partial charge is 0.446 e. The van der Waals surface area contributed by atoms with Gasteiger partial charge in [0.15, 0.2) is 11.2 Å². The van der Waals surface area contributed by atoms with Gasteiger partial charge in [0.25, 0.3) is 0 Å². The summed E-state index contributed by atoms with van der Waals surface area (Å²) in [6.07, 6.45) is 9.48. The Labute approximate surface area is 203 Å². The summed E-state index contributed by atoms with van der Waals surface area (Å²) < 4.78 is 13.1. The van der Waals surface area contributed by atoms with Crippen molar-refractivity contribution in [2.45, 2.75) is 103 Å². The molecule has 6 aliphatic rings. The van der Waals surface area contributed by atoms with E-state index in [1.54, 1.807) is 0 Å². The van der Waals surface area contributed by atoms with Crippen molar-refractivity contribution in [3.8, 4) is 0 Å². The first-order valence-corrected chi connectivity index (χ1v) is 13.2. The summed E-state index contributed by atoms with van der Waals surface area (Å²) in [6, 6.07) is 0. The Morgan fingerprint density at radius 1 is 0.735 bits per heavy atom. The molecule has 6 rings (SSSR count). The van der Waals surface area contributed by atoms with Crippen LogP contribution in [-0.4, -0.2) is 23.1 Å². The van der Waals surface area contributed by atoms with Crippen molar-refractivity contribution >= 4 is 11.9 Å². The van der Waals surface area contributed by atoms with Crippen LogP contribution in [0.15, 0.2) is 46.6 Å². The van der Waals surface area contributed by atoms with Gasteiger partial charge < -0.3 is 9.47 Å². The molecule has 0 amide bonds. The number of esters is 2. The maximum atomic E-state index is 13.3. The van der Waals surface area contributed by atoms with Crippen LogP contribution in [0.4, 0.5) is 0 Å². The molecule has 2 aliphatic heterocycles. The molecule has 0 bridgehead atoms. The molecule has 0 aromatic heterocycles. The molecule has 4 heteroatoms. The van der Waals surface area contributed by atoms with E-state index in [1.165, 1.54) is 11.1 Å². The second-order valence-corrected chi connectivity index (χ2v) is 12.8. The predicted molar refractivity (Wildman–Crippen MR) is 131 cm³/mol. The molecule has 0 N–H and O–H groups in total. The van der Waals surface area contributed by atoms with Crippen LogP contribution in [0.2, 0.25) is 0 Å². The summed E-state index contributed by atoms with van der Waals surface area (Å²) in [6.45, 7) is 17.4. The fourth-order valence-electron chi connectivity index (χ4n) is 9.18. The van der Waals surface area contributed by atoms with Crippen LogP contribution in [0.3, 0.4) is 0 Å². The van der Waals surface area contributed by atoms with Crippen molar-refractivity contribution in [3.63, 3.8) is 0 Å². The molecule has 34 heavy (non-hydrogen) atoms. The number of rotatable bonds is 1. The fraction of sp³-hybridized carbons (Fsp3) is 0.667. The molecule has 0 radical (unpaired) electrons. The van der Waals surface area contributed by atoms with Crippen LogP contribution in [0.25, 0.3) is 0 Å². The van der Waals surface area contributed by atoms with Gasteiger partial charge in [-0.05, 0) is 99.0 Å². The summed E-state index contributed by atoms with van der Waals surface area (Å²) in [7, 11) is 0. The molecule has 0 aromatic carbocycles. The van der Waals surface area contributed by atoms with E-state index in [9.17, 15) is 9.59 Å². The SMILES string of the molecule is C=C1CCC[C@]2(C)C[C@@]3([C@@]45C[C@@]6(C)CCCC(=C)[C@@H]6CC4=C(C)C(=O)O5)OC(=O)C(C)=C3C[C@@H]12. The van der Waals surface area contributed by atoms with Crippen molar-refractivity contribution in [1.82, 2.24) is 0 Å². The van der Waals surface area contributed by atoms with E-state index in [0.29, 0.717) is 24.7 Å². The highest BCUT2D eigenvalue weighted by Crippen LogP contribution is 2.70. The Morgan fingerprint density at radius 3 is 1.50 bits per heavy atom. The lowest BCUT2D eigenvalue weighted by molar-refractivity contribution is -0.209. The first-order chi connectivity index (χ1) is 16.0. The fourth-order valence-corrected chi connectivity index (χ4v) is 9.18. The quantitative estimate of drug-likeness (QED) is 0.329. The van der Waals surface area contributed by atoms with Gasteiger partial charge in [-0.1, -0.05) is 38.2 Å². The molecular formula is C30H38O4. The van der Waals surface area contributed by atoms with Crippen molar-refractivity contribution in [3.05, 3.63) is 46.6 Å². The highest BCUT2D eigenvalue weighted by Gasteiger charge is 2.74. The van der Waals surface area contributed by atoms with E-state index < -0.39 is 11.2 Å². The van der Waals surface area contributed by atoms with E-state index in [1.807, 2.05) is 13.8 Å². The van der Waals surface area contributed by atoms with Gasteiger partial charge in [-0.2, -0.15) is 0 Å². The third-order valence-corrected chi connectivity index (χ3v) is 11.0. The minimum Gasteiger partial charge on any atom is -0.446 e. The number of hydrogen-bond donors (Lipinski definition) is 0. The van der Waals surface area contributed by atoms with Gasteiger partial charge in [-0.25, -0.2) is 9.59 Å². The summed E-state index contributed by atoms with van der Waals surface area (Å²) in [4.78, 5) is 26.5. The topological polar surface area (TPSA) is 52.6 Å². The first-order valence-electron chi connectivity index (χ1n) is 13.2. The minimum atomic E-state index is -0.910. The van der Waals surface area contributed by atoms with E-state index in [-0.39, 0.29) is 22.8 Å². The Morgan fingerprint density at radius 2 is 1.12 bits per heavy atom. The van der Waals surface area contributed by atoms with Crippen molar-refractivity contribution in [2.24, 2.45) is 22.7 Å². The Kier molecular flexibility index (Phi) is 4.45. The monoisotopic (exact) mass is 462 g/mol. The molecule has 4 fully saturated rings. The summed E-state index contributed by atoms with van der Waals surface area (Å²) >= 11 is 0. The number of ether oxygens (including phenoxy) is 2. The van der Waals surface area contributed by atoms with Crippen LogP contribution in [0.1, 0.15) is 91.9 Å². The van der Waals surface area contributed by atoms with Crippen molar-refractivity contribution in [1.29, 1.82) is 0 Å². The van der Waals surface area contributed by atoms with E-state index >= 15 is 0 Å². The number of carbonyl (C=O) groups excluding carboxylic acids is 2. The maximum absolute atomic E-state index is 13.3. The van der Waals surface area contributed by atoms with Gasteiger partial charge in [0.2, 0.25) is 0 Å². The minimum absolute atomic E-state index is 0.0274. The zero-order chi connectivity index (χ0) is 24.3. The third-order valence-electron chi connectivity index (χ3n) is 11.0. The predicted octanol–water partition coefficient (Wildman–Crippen LogP) is 6.52. The number of carbonyl (C=O) groups is 2. The van der Waals surface area contributed by atoms with Crippen LogP contribution in [0, 0.1) is 22.7 Å². The van der Waals surface area contributed by atoms with Gasteiger partial charge in [0.05, 0.1) is 0 Å². The van der Waals surface area contributed by atoms with Gasteiger partial charge in [0, 0.05) is 24.0 Å².